The molecule has 1 aromatic carbocycles. The predicted molar refractivity (Wildman–Crippen MR) is 66.3 cm³/mol. The number of benzene rings is 1. The van der Waals surface area contributed by atoms with Crippen LogP contribution in [0.15, 0.2) is 47.2 Å². The second-order valence-corrected chi connectivity index (χ2v) is 4.15. The van der Waals surface area contributed by atoms with Crippen LogP contribution in [0.5, 0.6) is 0 Å². The van der Waals surface area contributed by atoms with Gasteiger partial charge in [0.1, 0.15) is 0 Å². The van der Waals surface area contributed by atoms with Crippen molar-refractivity contribution >= 4 is 27.5 Å². The quantitative estimate of drug-likeness (QED) is 0.924. The van der Waals surface area contributed by atoms with Crippen LogP contribution >= 0.6 is 15.9 Å². The zero-order valence-corrected chi connectivity index (χ0v) is 10.2. The molecule has 1 heterocycles. The Hall–Kier alpha value is -1.75. The summed E-state index contributed by atoms with van der Waals surface area (Å²) in [6.07, 6.45) is 3.01. The fourth-order valence-corrected chi connectivity index (χ4v) is 1.66. The number of hydrogen-bond acceptors (Lipinski definition) is 2. The number of rotatable bonds is 2. The molecule has 0 unspecified atom stereocenters. The van der Waals surface area contributed by atoms with Gasteiger partial charge in [0.15, 0.2) is 5.82 Å². The third-order valence-corrected chi connectivity index (χ3v) is 2.75. The number of nitrogens with zero attached hydrogens (tertiary/aromatic N) is 1. The van der Waals surface area contributed by atoms with Crippen molar-refractivity contribution in [2.45, 2.75) is 0 Å². The van der Waals surface area contributed by atoms with Gasteiger partial charge in [-0.15, -0.1) is 0 Å². The first-order valence-electron chi connectivity index (χ1n) is 4.84. The van der Waals surface area contributed by atoms with E-state index in [0.717, 1.165) is 0 Å². The van der Waals surface area contributed by atoms with Crippen LogP contribution < -0.4 is 5.32 Å². The molecule has 2 aromatic rings. The fraction of sp³-hybridized carbons (Fsp3) is 0. The van der Waals surface area contributed by atoms with Crippen LogP contribution in [0.4, 0.5) is 10.1 Å². The second-order valence-electron chi connectivity index (χ2n) is 3.29. The Kier molecular flexibility index (Phi) is 3.49. The molecule has 0 aliphatic rings. The third kappa shape index (κ3) is 2.68. The van der Waals surface area contributed by atoms with Crippen molar-refractivity contribution in [3.8, 4) is 0 Å². The average molecular weight is 295 g/mol. The number of amides is 1. The molecule has 5 heteroatoms. The molecular formula is C12H8BrFN2O. The van der Waals surface area contributed by atoms with Gasteiger partial charge in [0, 0.05) is 18.0 Å². The molecule has 0 bridgehead atoms. The molecule has 0 aliphatic carbocycles. The minimum atomic E-state index is -0.491. The number of pyridine rings is 1. The van der Waals surface area contributed by atoms with Gasteiger partial charge in [0.2, 0.25) is 0 Å². The molecule has 0 atom stereocenters. The van der Waals surface area contributed by atoms with Crippen LogP contribution in [-0.2, 0) is 0 Å². The minimum Gasteiger partial charge on any atom is -0.319 e. The van der Waals surface area contributed by atoms with E-state index in [4.69, 9.17) is 0 Å². The normalized spacial score (nSPS) is 10.0. The van der Waals surface area contributed by atoms with Crippen molar-refractivity contribution in [2.24, 2.45) is 0 Å². The Morgan fingerprint density at radius 3 is 2.65 bits per heavy atom. The second kappa shape index (κ2) is 5.05. The number of carbonyl (C=O) groups is 1. The molecule has 1 N–H and O–H groups in total. The van der Waals surface area contributed by atoms with Crippen molar-refractivity contribution in [3.63, 3.8) is 0 Å². The Bertz CT molecular complexity index is 545. The van der Waals surface area contributed by atoms with Crippen LogP contribution in [0.1, 0.15) is 10.4 Å². The molecule has 0 radical (unpaired) electrons. The summed E-state index contributed by atoms with van der Waals surface area (Å²) in [5.41, 5.74) is 0.570. The molecule has 86 valence electrons. The lowest BCUT2D eigenvalue weighted by atomic mass is 10.2. The monoisotopic (exact) mass is 294 g/mol. The highest BCUT2D eigenvalue weighted by molar-refractivity contribution is 9.10. The van der Waals surface area contributed by atoms with E-state index in [1.165, 1.54) is 18.5 Å². The van der Waals surface area contributed by atoms with Gasteiger partial charge < -0.3 is 5.32 Å². The van der Waals surface area contributed by atoms with Gasteiger partial charge in [-0.3, -0.25) is 9.78 Å². The van der Waals surface area contributed by atoms with Crippen molar-refractivity contribution in [1.82, 2.24) is 4.98 Å². The van der Waals surface area contributed by atoms with Gasteiger partial charge in [-0.1, -0.05) is 6.07 Å². The number of halogens is 2. The van der Waals surface area contributed by atoms with Gasteiger partial charge in [-0.2, -0.15) is 0 Å². The van der Waals surface area contributed by atoms with Gasteiger partial charge in [-0.05, 0) is 40.2 Å². The number of anilines is 1. The summed E-state index contributed by atoms with van der Waals surface area (Å²) in [7, 11) is 0. The van der Waals surface area contributed by atoms with E-state index in [1.807, 2.05) is 0 Å². The van der Waals surface area contributed by atoms with Gasteiger partial charge in [-0.25, -0.2) is 4.39 Å². The topological polar surface area (TPSA) is 42.0 Å². The van der Waals surface area contributed by atoms with E-state index in [-0.39, 0.29) is 11.6 Å². The maximum atomic E-state index is 13.6. The molecule has 3 nitrogen and oxygen atoms in total. The lowest BCUT2D eigenvalue weighted by molar-refractivity contribution is 0.102. The van der Waals surface area contributed by atoms with Crippen molar-refractivity contribution in [2.75, 3.05) is 5.32 Å². The van der Waals surface area contributed by atoms with Crippen molar-refractivity contribution in [3.05, 3.63) is 58.6 Å². The average Bonchev–Trinajstić information content (AvgIpc) is 2.36. The first-order chi connectivity index (χ1) is 8.18. The van der Waals surface area contributed by atoms with Crippen LogP contribution in [0.3, 0.4) is 0 Å². The molecule has 0 aliphatic heterocycles. The van der Waals surface area contributed by atoms with E-state index in [1.54, 1.807) is 24.3 Å². The number of aromatic nitrogens is 1. The molecule has 0 saturated carbocycles. The standard InChI is InChI=1S/C12H8BrFN2O/c13-9-2-1-3-10(11(9)14)16-12(17)8-4-6-15-7-5-8/h1-7H,(H,16,17). The molecule has 0 fully saturated rings. The van der Waals surface area contributed by atoms with E-state index in [2.05, 4.69) is 26.2 Å². The SMILES string of the molecule is O=C(Nc1cccc(Br)c1F)c1ccncc1. The lowest BCUT2D eigenvalue weighted by Crippen LogP contribution is -2.13. The van der Waals surface area contributed by atoms with E-state index in [0.29, 0.717) is 10.0 Å². The molecule has 0 saturated heterocycles. The summed E-state index contributed by atoms with van der Waals surface area (Å²) in [5, 5.41) is 2.50. The Morgan fingerprint density at radius 1 is 1.24 bits per heavy atom. The minimum absolute atomic E-state index is 0.140. The summed E-state index contributed by atoms with van der Waals surface area (Å²) in [4.78, 5) is 15.6. The van der Waals surface area contributed by atoms with Gasteiger partial charge in [0.25, 0.3) is 5.91 Å². The number of carbonyl (C=O) groups excluding carboxylic acids is 1. The van der Waals surface area contributed by atoms with Crippen molar-refractivity contribution < 1.29 is 9.18 Å². The van der Waals surface area contributed by atoms with Gasteiger partial charge in [0.05, 0.1) is 10.2 Å². The molecule has 17 heavy (non-hydrogen) atoms. The molecular weight excluding hydrogens is 287 g/mol. The van der Waals surface area contributed by atoms with Crippen LogP contribution in [0.2, 0.25) is 0 Å². The largest absolute Gasteiger partial charge is 0.319 e. The first-order valence-corrected chi connectivity index (χ1v) is 5.63. The Morgan fingerprint density at radius 2 is 1.94 bits per heavy atom. The van der Waals surface area contributed by atoms with E-state index in [9.17, 15) is 9.18 Å². The summed E-state index contributed by atoms with van der Waals surface area (Å²) in [6.45, 7) is 0. The van der Waals surface area contributed by atoms with E-state index < -0.39 is 5.82 Å². The van der Waals surface area contributed by atoms with E-state index >= 15 is 0 Å². The predicted octanol–water partition coefficient (Wildman–Crippen LogP) is 3.24. The zero-order chi connectivity index (χ0) is 12.3. The summed E-state index contributed by atoms with van der Waals surface area (Å²) in [5.74, 6) is -0.862. The summed E-state index contributed by atoms with van der Waals surface area (Å²) >= 11 is 3.06. The van der Waals surface area contributed by atoms with Crippen LogP contribution in [-0.4, -0.2) is 10.9 Å². The lowest BCUT2D eigenvalue weighted by Gasteiger charge is -2.06. The number of nitrogens with one attached hydrogen (secondary N) is 1. The Labute approximate surface area is 106 Å². The summed E-state index contributed by atoms with van der Waals surface area (Å²) in [6, 6.07) is 7.84. The fourth-order valence-electron chi connectivity index (χ4n) is 1.30. The molecule has 1 amide bonds. The van der Waals surface area contributed by atoms with Gasteiger partial charge >= 0.3 is 0 Å². The highest BCUT2D eigenvalue weighted by atomic mass is 79.9. The highest BCUT2D eigenvalue weighted by Gasteiger charge is 2.10. The third-order valence-electron chi connectivity index (χ3n) is 2.14. The smallest absolute Gasteiger partial charge is 0.255 e. The maximum Gasteiger partial charge on any atom is 0.255 e. The Balaban J connectivity index is 2.22. The molecule has 0 spiro atoms. The first kappa shape index (κ1) is 11.7. The summed E-state index contributed by atoms with van der Waals surface area (Å²) < 4.78 is 13.9. The van der Waals surface area contributed by atoms with Crippen LogP contribution in [0.25, 0.3) is 0 Å². The van der Waals surface area contributed by atoms with Crippen molar-refractivity contribution in [1.29, 1.82) is 0 Å². The zero-order valence-electron chi connectivity index (χ0n) is 8.65. The highest BCUT2D eigenvalue weighted by Crippen LogP contribution is 2.22. The maximum absolute atomic E-state index is 13.6. The molecule has 2 rings (SSSR count). The van der Waals surface area contributed by atoms with Crippen LogP contribution in [0, 0.1) is 5.82 Å². The number of hydrogen-bond donors (Lipinski definition) is 1. The molecule has 1 aromatic heterocycles.